The summed E-state index contributed by atoms with van der Waals surface area (Å²) in [5.74, 6) is -3.39. The Kier molecular flexibility index (Phi) is 5.57. The molecule has 0 spiro atoms. The van der Waals surface area contributed by atoms with Crippen molar-refractivity contribution in [2.75, 3.05) is 17.7 Å². The molecule has 0 saturated carbocycles. The van der Waals surface area contributed by atoms with E-state index in [0.29, 0.717) is 29.7 Å². The van der Waals surface area contributed by atoms with Crippen molar-refractivity contribution in [3.05, 3.63) is 42.7 Å². The highest BCUT2D eigenvalue weighted by Gasteiger charge is 2.28. The molecular weight excluding hydrogens is 384 g/mol. The lowest BCUT2D eigenvalue weighted by Gasteiger charge is -2.14. The summed E-state index contributed by atoms with van der Waals surface area (Å²) in [4.78, 5) is 31.3. The molecule has 0 fully saturated rings. The van der Waals surface area contributed by atoms with Crippen LogP contribution in [0, 0.1) is 0 Å². The second-order valence-corrected chi connectivity index (χ2v) is 6.02. The van der Waals surface area contributed by atoms with Gasteiger partial charge in [0.05, 0.1) is 30.9 Å². The standard InChI is InChI=1S/C18H17F2N7O2/c1-10(28)25-15-6-12(26-14-4-5-21-17(27-14)18(2,19)20)11(7-23-15)13-8-24-16(29-3)9-22-13/h4-9H,1-3H3,(H2,21,23,25,26,27,28). The molecule has 0 unspecified atom stereocenters. The fourth-order valence-electron chi connectivity index (χ4n) is 2.35. The van der Waals surface area contributed by atoms with Crippen LogP contribution in [0.1, 0.15) is 19.7 Å². The number of pyridine rings is 1. The van der Waals surface area contributed by atoms with E-state index in [1.54, 1.807) is 0 Å². The maximum atomic E-state index is 13.6. The van der Waals surface area contributed by atoms with Gasteiger partial charge in [0.1, 0.15) is 11.6 Å². The number of anilines is 3. The Morgan fingerprint density at radius 1 is 1.10 bits per heavy atom. The zero-order valence-corrected chi connectivity index (χ0v) is 15.8. The molecule has 11 heteroatoms. The highest BCUT2D eigenvalue weighted by Crippen LogP contribution is 2.31. The fraction of sp³-hybridized carbons (Fsp3) is 0.222. The van der Waals surface area contributed by atoms with Crippen molar-refractivity contribution in [1.29, 1.82) is 0 Å². The number of amides is 1. The molecule has 29 heavy (non-hydrogen) atoms. The van der Waals surface area contributed by atoms with Crippen LogP contribution in [0.5, 0.6) is 5.88 Å². The molecule has 0 aromatic carbocycles. The second kappa shape index (κ2) is 8.09. The maximum absolute atomic E-state index is 13.6. The summed E-state index contributed by atoms with van der Waals surface area (Å²) in [5, 5.41) is 5.52. The average Bonchev–Trinajstić information content (AvgIpc) is 2.67. The number of aromatic nitrogens is 5. The van der Waals surface area contributed by atoms with Crippen LogP contribution in [-0.4, -0.2) is 37.9 Å². The van der Waals surface area contributed by atoms with Crippen LogP contribution in [0.3, 0.4) is 0 Å². The molecule has 2 N–H and O–H groups in total. The van der Waals surface area contributed by atoms with Crippen LogP contribution in [-0.2, 0) is 10.7 Å². The smallest absolute Gasteiger partial charge is 0.303 e. The van der Waals surface area contributed by atoms with Gasteiger partial charge in [-0.15, -0.1) is 0 Å². The van der Waals surface area contributed by atoms with Gasteiger partial charge in [0.25, 0.3) is 0 Å². The number of methoxy groups -OCH3 is 1. The molecule has 0 aliphatic carbocycles. The highest BCUT2D eigenvalue weighted by atomic mass is 19.3. The number of alkyl halides is 2. The number of hydrogen-bond donors (Lipinski definition) is 2. The van der Waals surface area contributed by atoms with Crippen molar-refractivity contribution in [2.45, 2.75) is 19.8 Å². The summed E-state index contributed by atoms with van der Waals surface area (Å²) >= 11 is 0. The first kappa shape index (κ1) is 20.0. The van der Waals surface area contributed by atoms with Crippen LogP contribution in [0.15, 0.2) is 36.9 Å². The zero-order chi connectivity index (χ0) is 21.0. The summed E-state index contributed by atoms with van der Waals surface area (Å²) in [5.41, 5.74) is 1.38. The first-order chi connectivity index (χ1) is 13.8. The summed E-state index contributed by atoms with van der Waals surface area (Å²) in [7, 11) is 1.47. The monoisotopic (exact) mass is 401 g/mol. The van der Waals surface area contributed by atoms with E-state index in [2.05, 4.69) is 35.6 Å². The van der Waals surface area contributed by atoms with E-state index in [4.69, 9.17) is 4.74 Å². The number of nitrogens with zero attached hydrogens (tertiary/aromatic N) is 5. The molecule has 0 atom stereocenters. The van der Waals surface area contributed by atoms with Crippen LogP contribution in [0.4, 0.5) is 26.1 Å². The number of nitrogens with one attached hydrogen (secondary N) is 2. The van der Waals surface area contributed by atoms with Gasteiger partial charge in [-0.05, 0) is 6.07 Å². The lowest BCUT2D eigenvalue weighted by Crippen LogP contribution is -2.13. The summed E-state index contributed by atoms with van der Waals surface area (Å²) in [6.45, 7) is 2.06. The minimum absolute atomic E-state index is 0.138. The fourth-order valence-corrected chi connectivity index (χ4v) is 2.35. The van der Waals surface area contributed by atoms with Crippen LogP contribution in [0.2, 0.25) is 0 Å². The predicted octanol–water partition coefficient (Wildman–Crippen LogP) is 3.15. The predicted molar refractivity (Wildman–Crippen MR) is 101 cm³/mol. The third kappa shape index (κ3) is 4.94. The van der Waals surface area contributed by atoms with Gasteiger partial charge in [0.15, 0.2) is 0 Å². The Morgan fingerprint density at radius 3 is 2.52 bits per heavy atom. The van der Waals surface area contributed by atoms with Gasteiger partial charge in [-0.1, -0.05) is 0 Å². The molecule has 0 radical (unpaired) electrons. The number of hydrogen-bond acceptors (Lipinski definition) is 8. The van der Waals surface area contributed by atoms with E-state index >= 15 is 0 Å². The number of carbonyl (C=O) groups is 1. The van der Waals surface area contributed by atoms with Gasteiger partial charge in [0.2, 0.25) is 17.6 Å². The molecule has 0 aliphatic rings. The molecule has 0 aliphatic heterocycles. The normalized spacial score (nSPS) is 11.1. The molecule has 9 nitrogen and oxygen atoms in total. The van der Waals surface area contributed by atoms with E-state index in [-0.39, 0.29) is 17.5 Å². The summed E-state index contributed by atoms with van der Waals surface area (Å²) in [6.07, 6.45) is 5.61. The Balaban J connectivity index is 2.03. The second-order valence-electron chi connectivity index (χ2n) is 6.02. The number of halogens is 2. The third-order valence-corrected chi connectivity index (χ3v) is 3.63. The van der Waals surface area contributed by atoms with Crippen molar-refractivity contribution < 1.29 is 18.3 Å². The Labute approximate surface area is 164 Å². The number of carbonyl (C=O) groups excluding carboxylic acids is 1. The zero-order valence-electron chi connectivity index (χ0n) is 15.8. The van der Waals surface area contributed by atoms with Gasteiger partial charge < -0.3 is 15.4 Å². The van der Waals surface area contributed by atoms with Gasteiger partial charge in [-0.25, -0.2) is 24.9 Å². The van der Waals surface area contributed by atoms with Gasteiger partial charge >= 0.3 is 5.92 Å². The van der Waals surface area contributed by atoms with E-state index in [1.165, 1.54) is 51.0 Å². The Morgan fingerprint density at radius 2 is 1.90 bits per heavy atom. The van der Waals surface area contributed by atoms with Crippen molar-refractivity contribution in [1.82, 2.24) is 24.9 Å². The molecule has 0 saturated heterocycles. The minimum Gasteiger partial charge on any atom is -0.480 e. The molecule has 3 rings (SSSR count). The SMILES string of the molecule is COc1cnc(-c2cnc(NC(C)=O)cc2Nc2ccnc(C(C)(F)F)n2)cn1. The van der Waals surface area contributed by atoms with Gasteiger partial charge in [0, 0.05) is 37.9 Å². The first-order valence-electron chi connectivity index (χ1n) is 8.38. The molecule has 3 heterocycles. The van der Waals surface area contributed by atoms with Crippen LogP contribution >= 0.6 is 0 Å². The summed E-state index contributed by atoms with van der Waals surface area (Å²) < 4.78 is 32.1. The van der Waals surface area contributed by atoms with Crippen molar-refractivity contribution in [2.24, 2.45) is 0 Å². The Hall–Kier alpha value is -3.76. The Bertz CT molecular complexity index is 1020. The minimum atomic E-state index is -3.19. The maximum Gasteiger partial charge on any atom is 0.303 e. The van der Waals surface area contributed by atoms with E-state index in [0.717, 1.165) is 0 Å². The lowest BCUT2D eigenvalue weighted by molar-refractivity contribution is -0.114. The third-order valence-electron chi connectivity index (χ3n) is 3.63. The van der Waals surface area contributed by atoms with E-state index in [9.17, 15) is 13.6 Å². The quantitative estimate of drug-likeness (QED) is 0.647. The van der Waals surface area contributed by atoms with Gasteiger partial charge in [-0.2, -0.15) is 8.78 Å². The largest absolute Gasteiger partial charge is 0.480 e. The molecule has 150 valence electrons. The topological polar surface area (TPSA) is 115 Å². The molecule has 3 aromatic heterocycles. The molecule has 0 bridgehead atoms. The first-order valence-corrected chi connectivity index (χ1v) is 8.38. The molecule has 1 amide bonds. The number of ether oxygens (including phenoxy) is 1. The summed E-state index contributed by atoms with van der Waals surface area (Å²) in [6, 6.07) is 2.98. The average molecular weight is 401 g/mol. The van der Waals surface area contributed by atoms with Crippen molar-refractivity contribution in [3.8, 4) is 17.1 Å². The lowest BCUT2D eigenvalue weighted by atomic mass is 10.1. The van der Waals surface area contributed by atoms with Crippen LogP contribution in [0.25, 0.3) is 11.3 Å². The van der Waals surface area contributed by atoms with Crippen molar-refractivity contribution >= 4 is 23.2 Å². The molecule has 3 aromatic rings. The van der Waals surface area contributed by atoms with Gasteiger partial charge in [-0.3, -0.25) is 4.79 Å². The van der Waals surface area contributed by atoms with E-state index < -0.39 is 11.7 Å². The highest BCUT2D eigenvalue weighted by molar-refractivity contribution is 5.89. The molecular formula is C18H17F2N7O2. The number of rotatable bonds is 6. The van der Waals surface area contributed by atoms with Crippen LogP contribution < -0.4 is 15.4 Å². The van der Waals surface area contributed by atoms with Crippen molar-refractivity contribution in [3.63, 3.8) is 0 Å². The van der Waals surface area contributed by atoms with E-state index in [1.807, 2.05) is 0 Å².